The zero-order valence-electron chi connectivity index (χ0n) is 9.30. The molecule has 1 aromatic carbocycles. The van der Waals surface area contributed by atoms with E-state index in [9.17, 15) is 9.18 Å². The molecule has 2 nitrogen and oxygen atoms in total. The van der Waals surface area contributed by atoms with Crippen molar-refractivity contribution in [2.75, 3.05) is 6.61 Å². The maximum atomic E-state index is 13.1. The molecule has 0 saturated heterocycles. The topological polar surface area (TPSA) is 26.3 Å². The third kappa shape index (κ3) is 3.58. The number of hydrogen-bond acceptors (Lipinski definition) is 2. The minimum Gasteiger partial charge on any atom is -0.371 e. The quantitative estimate of drug-likeness (QED) is 0.796. The van der Waals surface area contributed by atoms with Crippen LogP contribution in [0.1, 0.15) is 19.4 Å². The third-order valence-corrected chi connectivity index (χ3v) is 2.54. The van der Waals surface area contributed by atoms with Crippen molar-refractivity contribution in [1.82, 2.24) is 0 Å². The van der Waals surface area contributed by atoms with Crippen molar-refractivity contribution in [3.8, 4) is 0 Å². The van der Waals surface area contributed by atoms with E-state index in [1.54, 1.807) is 13.0 Å². The predicted molar refractivity (Wildman–Crippen MR) is 61.2 cm³/mol. The van der Waals surface area contributed by atoms with Crippen LogP contribution in [-0.4, -0.2) is 18.5 Å². The molecule has 4 heteroatoms. The molecule has 0 bridgehead atoms. The Kier molecular flexibility index (Phi) is 4.90. The Labute approximate surface area is 99.4 Å². The van der Waals surface area contributed by atoms with E-state index in [1.165, 1.54) is 12.1 Å². The number of benzene rings is 1. The second-order valence-electron chi connectivity index (χ2n) is 3.49. The molecule has 1 rings (SSSR count). The fraction of sp³-hybridized carbons (Fsp3) is 0.417. The van der Waals surface area contributed by atoms with Crippen LogP contribution in [0.25, 0.3) is 0 Å². The van der Waals surface area contributed by atoms with Gasteiger partial charge in [0.1, 0.15) is 11.9 Å². The highest BCUT2D eigenvalue weighted by Crippen LogP contribution is 2.16. The number of hydrogen-bond donors (Lipinski definition) is 0. The molecule has 0 fully saturated rings. The van der Waals surface area contributed by atoms with E-state index in [0.29, 0.717) is 12.2 Å². The van der Waals surface area contributed by atoms with Crippen LogP contribution in [0.15, 0.2) is 18.2 Å². The SMILES string of the molecule is CCOC(C)C(=O)Cc1ccc(Cl)c(F)c1. The molecule has 16 heavy (non-hydrogen) atoms. The molecule has 88 valence electrons. The maximum Gasteiger partial charge on any atom is 0.165 e. The lowest BCUT2D eigenvalue weighted by Crippen LogP contribution is -2.22. The van der Waals surface area contributed by atoms with E-state index < -0.39 is 11.9 Å². The van der Waals surface area contributed by atoms with Crippen LogP contribution in [0.4, 0.5) is 4.39 Å². The minimum atomic E-state index is -0.504. The Balaban J connectivity index is 2.66. The summed E-state index contributed by atoms with van der Waals surface area (Å²) in [5.41, 5.74) is 0.610. The number of ketones is 1. The van der Waals surface area contributed by atoms with Crippen molar-refractivity contribution in [3.05, 3.63) is 34.6 Å². The second-order valence-corrected chi connectivity index (χ2v) is 3.90. The number of carbonyl (C=O) groups is 1. The van der Waals surface area contributed by atoms with Gasteiger partial charge in [-0.1, -0.05) is 17.7 Å². The highest BCUT2D eigenvalue weighted by atomic mass is 35.5. The van der Waals surface area contributed by atoms with Gasteiger partial charge in [0.15, 0.2) is 5.78 Å². The number of Topliss-reactive ketones (excluding diaryl/α,β-unsaturated/α-hetero) is 1. The first kappa shape index (κ1) is 13.1. The van der Waals surface area contributed by atoms with Crippen molar-refractivity contribution in [3.63, 3.8) is 0 Å². The molecule has 0 aliphatic rings. The zero-order chi connectivity index (χ0) is 12.1. The average Bonchev–Trinajstić information content (AvgIpc) is 2.24. The fourth-order valence-electron chi connectivity index (χ4n) is 1.34. The van der Waals surface area contributed by atoms with Crippen molar-refractivity contribution >= 4 is 17.4 Å². The van der Waals surface area contributed by atoms with Gasteiger partial charge in [0.2, 0.25) is 0 Å². The van der Waals surface area contributed by atoms with Crippen LogP contribution in [0, 0.1) is 5.82 Å². The summed E-state index contributed by atoms with van der Waals surface area (Å²) in [7, 11) is 0. The number of halogens is 2. The predicted octanol–water partition coefficient (Wildman–Crippen LogP) is 3.02. The maximum absolute atomic E-state index is 13.1. The molecule has 0 saturated carbocycles. The molecule has 1 atom stereocenters. The summed E-state index contributed by atoms with van der Waals surface area (Å²) in [6.07, 6.45) is -0.293. The number of rotatable bonds is 5. The molecule has 0 aromatic heterocycles. The van der Waals surface area contributed by atoms with Crippen LogP contribution < -0.4 is 0 Å². The minimum absolute atomic E-state index is 0.0639. The Bertz CT molecular complexity index is 379. The molecule has 1 unspecified atom stereocenters. The van der Waals surface area contributed by atoms with Gasteiger partial charge in [0, 0.05) is 13.0 Å². The summed E-state index contributed by atoms with van der Waals surface area (Å²) in [5.74, 6) is -0.570. The van der Waals surface area contributed by atoms with Crippen molar-refractivity contribution < 1.29 is 13.9 Å². The molecular formula is C12H14ClFO2. The Morgan fingerprint density at radius 1 is 1.56 bits per heavy atom. The fourth-order valence-corrected chi connectivity index (χ4v) is 1.46. The van der Waals surface area contributed by atoms with Gasteiger partial charge in [-0.05, 0) is 31.5 Å². The van der Waals surface area contributed by atoms with Crippen LogP contribution in [0.2, 0.25) is 5.02 Å². The Morgan fingerprint density at radius 2 is 2.25 bits per heavy atom. The highest BCUT2D eigenvalue weighted by Gasteiger charge is 2.13. The smallest absolute Gasteiger partial charge is 0.165 e. The van der Waals surface area contributed by atoms with Gasteiger partial charge < -0.3 is 4.74 Å². The second kappa shape index (κ2) is 5.97. The molecule has 0 aliphatic heterocycles. The van der Waals surface area contributed by atoms with Gasteiger partial charge >= 0.3 is 0 Å². The molecule has 1 aromatic rings. The van der Waals surface area contributed by atoms with Crippen LogP contribution in [0.5, 0.6) is 0 Å². The van der Waals surface area contributed by atoms with Crippen molar-refractivity contribution in [2.45, 2.75) is 26.4 Å². The molecule has 0 amide bonds. The van der Waals surface area contributed by atoms with E-state index in [1.807, 2.05) is 6.92 Å². The van der Waals surface area contributed by atoms with Crippen LogP contribution in [0.3, 0.4) is 0 Å². The monoisotopic (exact) mass is 244 g/mol. The van der Waals surface area contributed by atoms with E-state index in [4.69, 9.17) is 16.3 Å². The van der Waals surface area contributed by atoms with Gasteiger partial charge in [0.05, 0.1) is 5.02 Å². The normalized spacial score (nSPS) is 12.5. The highest BCUT2D eigenvalue weighted by molar-refractivity contribution is 6.30. The van der Waals surface area contributed by atoms with Crippen molar-refractivity contribution in [2.24, 2.45) is 0 Å². The third-order valence-electron chi connectivity index (χ3n) is 2.23. The molecule has 0 heterocycles. The Morgan fingerprint density at radius 3 is 2.81 bits per heavy atom. The molecule has 0 radical (unpaired) electrons. The first-order valence-corrected chi connectivity index (χ1v) is 5.50. The summed E-state index contributed by atoms with van der Waals surface area (Å²) in [6.45, 7) is 4.01. The number of ether oxygens (including phenoxy) is 1. The summed E-state index contributed by atoms with van der Waals surface area (Å²) < 4.78 is 18.3. The van der Waals surface area contributed by atoms with Crippen LogP contribution >= 0.6 is 11.6 Å². The summed E-state index contributed by atoms with van der Waals surface area (Å²) in [6, 6.07) is 4.37. The van der Waals surface area contributed by atoms with Crippen LogP contribution in [-0.2, 0) is 16.0 Å². The summed E-state index contributed by atoms with van der Waals surface area (Å²) in [5, 5.41) is 0.0639. The van der Waals surface area contributed by atoms with Gasteiger partial charge in [-0.15, -0.1) is 0 Å². The van der Waals surface area contributed by atoms with Crippen molar-refractivity contribution in [1.29, 1.82) is 0 Å². The van der Waals surface area contributed by atoms with E-state index in [-0.39, 0.29) is 17.2 Å². The van der Waals surface area contributed by atoms with Gasteiger partial charge in [0.25, 0.3) is 0 Å². The number of carbonyl (C=O) groups excluding carboxylic acids is 1. The lowest BCUT2D eigenvalue weighted by Gasteiger charge is -2.10. The average molecular weight is 245 g/mol. The molecular weight excluding hydrogens is 231 g/mol. The standard InChI is InChI=1S/C12H14ClFO2/c1-3-16-8(2)12(15)7-9-4-5-10(13)11(14)6-9/h4-6,8H,3,7H2,1-2H3. The van der Waals surface area contributed by atoms with Gasteiger partial charge in [-0.3, -0.25) is 4.79 Å². The summed E-state index contributed by atoms with van der Waals surface area (Å²) in [4.78, 5) is 11.6. The molecule has 0 spiro atoms. The first-order valence-electron chi connectivity index (χ1n) is 5.12. The molecule has 0 aliphatic carbocycles. The largest absolute Gasteiger partial charge is 0.371 e. The Hall–Kier alpha value is -0.930. The van der Waals surface area contributed by atoms with Gasteiger partial charge in [-0.2, -0.15) is 0 Å². The van der Waals surface area contributed by atoms with E-state index in [0.717, 1.165) is 0 Å². The summed E-state index contributed by atoms with van der Waals surface area (Å²) >= 11 is 5.54. The molecule has 0 N–H and O–H groups in total. The van der Waals surface area contributed by atoms with Gasteiger partial charge in [-0.25, -0.2) is 4.39 Å². The lowest BCUT2D eigenvalue weighted by atomic mass is 10.1. The van der Waals surface area contributed by atoms with E-state index >= 15 is 0 Å². The lowest BCUT2D eigenvalue weighted by molar-refractivity contribution is -0.128. The van der Waals surface area contributed by atoms with E-state index in [2.05, 4.69) is 0 Å². The zero-order valence-corrected chi connectivity index (χ0v) is 10.1. The first-order chi connectivity index (χ1) is 7.54.